The van der Waals surface area contributed by atoms with E-state index in [9.17, 15) is 4.79 Å². The maximum Gasteiger partial charge on any atom is 0.279 e. The molecule has 0 saturated carbocycles. The van der Waals surface area contributed by atoms with Crippen molar-refractivity contribution in [3.05, 3.63) is 94.8 Å². The topological polar surface area (TPSA) is 82.9 Å². The molecule has 0 unspecified atom stereocenters. The molecule has 2 heterocycles. The highest BCUT2D eigenvalue weighted by Gasteiger charge is 2.17. The van der Waals surface area contributed by atoms with Gasteiger partial charge in [-0.25, -0.2) is 0 Å². The number of carbonyl (C=O) groups is 1. The second-order valence-electron chi connectivity index (χ2n) is 9.52. The molecule has 8 nitrogen and oxygen atoms in total. The summed E-state index contributed by atoms with van der Waals surface area (Å²) in [5.74, 6) is 0.804. The zero-order valence-corrected chi connectivity index (χ0v) is 23.9. The minimum atomic E-state index is -0.126. The van der Waals surface area contributed by atoms with E-state index in [2.05, 4.69) is 46.0 Å². The molecule has 6 rings (SSSR count). The first-order chi connectivity index (χ1) is 20.0. The van der Waals surface area contributed by atoms with E-state index in [0.717, 1.165) is 63.2 Å². The third kappa shape index (κ3) is 6.29. The maximum absolute atomic E-state index is 13.7. The van der Waals surface area contributed by atoms with Crippen LogP contribution in [0.25, 0.3) is 38.5 Å². The standard InChI is InChI=1S/C30H27N3O3.C2H6O.CH2O/c1-20-7-11-24(32-13-15-36-16-14-32)19-28(20)33-30(34)27-6-4-3-5-26(27)29(31-33)22-9-8-21-10-12-25(35-2)18-23(21)17-22;1-3-2;1-2/h3-12,17-19H,13-16H2,1-2H3;1-2H3;1H2. The Labute approximate surface area is 239 Å². The molecule has 5 aromatic rings. The van der Waals surface area contributed by atoms with Gasteiger partial charge in [0, 0.05) is 43.9 Å². The first-order valence-corrected chi connectivity index (χ1v) is 13.3. The summed E-state index contributed by atoms with van der Waals surface area (Å²) in [5, 5.41) is 8.62. The van der Waals surface area contributed by atoms with Gasteiger partial charge in [-0.1, -0.05) is 42.5 Å². The van der Waals surface area contributed by atoms with Crippen LogP contribution >= 0.6 is 0 Å². The van der Waals surface area contributed by atoms with Crippen molar-refractivity contribution in [3.63, 3.8) is 0 Å². The maximum atomic E-state index is 13.7. The molecule has 0 N–H and O–H groups in total. The third-order valence-electron chi connectivity index (χ3n) is 6.92. The van der Waals surface area contributed by atoms with Crippen molar-refractivity contribution in [2.24, 2.45) is 0 Å². The summed E-state index contributed by atoms with van der Waals surface area (Å²) in [5.41, 5.74) is 4.44. The smallest absolute Gasteiger partial charge is 0.279 e. The molecule has 0 amide bonds. The molecular weight excluding hydrogens is 518 g/mol. The number of rotatable bonds is 4. The fourth-order valence-electron chi connectivity index (χ4n) is 4.91. The molecule has 212 valence electrons. The summed E-state index contributed by atoms with van der Waals surface area (Å²) in [7, 11) is 4.92. The molecule has 1 aromatic heterocycles. The van der Waals surface area contributed by atoms with Crippen LogP contribution in [0.5, 0.6) is 5.75 Å². The lowest BCUT2D eigenvalue weighted by Crippen LogP contribution is -2.36. The van der Waals surface area contributed by atoms with Crippen molar-refractivity contribution >= 4 is 34.0 Å². The number of nitrogens with zero attached hydrogens (tertiary/aromatic N) is 3. The van der Waals surface area contributed by atoms with Crippen molar-refractivity contribution in [2.75, 3.05) is 52.5 Å². The molecule has 4 aromatic carbocycles. The number of carbonyl (C=O) groups excluding carboxylic acids is 1. The normalized spacial score (nSPS) is 12.7. The lowest BCUT2D eigenvalue weighted by molar-refractivity contribution is -0.0980. The fraction of sp³-hybridized carbons (Fsp3) is 0.242. The zero-order valence-electron chi connectivity index (χ0n) is 23.9. The van der Waals surface area contributed by atoms with Crippen LogP contribution in [0.3, 0.4) is 0 Å². The van der Waals surface area contributed by atoms with Gasteiger partial charge in [-0.05, 0) is 59.7 Å². The summed E-state index contributed by atoms with van der Waals surface area (Å²) < 4.78 is 16.8. The monoisotopic (exact) mass is 553 g/mol. The summed E-state index contributed by atoms with van der Waals surface area (Å²) in [4.78, 5) is 24.0. The Morgan fingerprint density at radius 2 is 1.51 bits per heavy atom. The first kappa shape index (κ1) is 29.5. The molecule has 1 fully saturated rings. The number of aryl methyl sites for hydroxylation is 1. The van der Waals surface area contributed by atoms with Crippen LogP contribution in [0.1, 0.15) is 5.56 Å². The van der Waals surface area contributed by atoms with Crippen LogP contribution in [0.2, 0.25) is 0 Å². The van der Waals surface area contributed by atoms with E-state index in [1.54, 1.807) is 26.0 Å². The Bertz CT molecular complexity index is 1690. The summed E-state index contributed by atoms with van der Waals surface area (Å²) in [6.07, 6.45) is 0. The average molecular weight is 554 g/mol. The van der Waals surface area contributed by atoms with E-state index in [1.807, 2.05) is 56.2 Å². The van der Waals surface area contributed by atoms with Gasteiger partial charge in [0.2, 0.25) is 0 Å². The van der Waals surface area contributed by atoms with Crippen molar-refractivity contribution < 1.29 is 19.0 Å². The molecule has 0 aliphatic carbocycles. The minimum Gasteiger partial charge on any atom is -0.497 e. The molecule has 0 bridgehead atoms. The Hall–Kier alpha value is -4.53. The number of hydrogen-bond donors (Lipinski definition) is 0. The van der Waals surface area contributed by atoms with Gasteiger partial charge in [0.05, 0.1) is 37.1 Å². The fourth-order valence-corrected chi connectivity index (χ4v) is 4.91. The highest BCUT2D eigenvalue weighted by atomic mass is 16.5. The van der Waals surface area contributed by atoms with E-state index < -0.39 is 0 Å². The van der Waals surface area contributed by atoms with Crippen LogP contribution in [-0.4, -0.2) is 64.2 Å². The van der Waals surface area contributed by atoms with Gasteiger partial charge in [0.1, 0.15) is 12.5 Å². The molecule has 0 atom stereocenters. The molecule has 1 aliphatic heterocycles. The lowest BCUT2D eigenvalue weighted by atomic mass is 10.0. The summed E-state index contributed by atoms with van der Waals surface area (Å²) >= 11 is 0. The molecular formula is C33H35N3O5. The van der Waals surface area contributed by atoms with Gasteiger partial charge >= 0.3 is 0 Å². The quantitative estimate of drug-likeness (QED) is 0.293. The highest BCUT2D eigenvalue weighted by molar-refractivity contribution is 5.97. The van der Waals surface area contributed by atoms with Crippen molar-refractivity contribution in [2.45, 2.75) is 6.92 Å². The Balaban J connectivity index is 0.000000728. The number of aromatic nitrogens is 2. The van der Waals surface area contributed by atoms with E-state index >= 15 is 0 Å². The lowest BCUT2D eigenvalue weighted by Gasteiger charge is -2.29. The number of ether oxygens (including phenoxy) is 3. The van der Waals surface area contributed by atoms with Crippen LogP contribution in [-0.2, 0) is 14.3 Å². The molecule has 8 heteroatoms. The van der Waals surface area contributed by atoms with Crippen molar-refractivity contribution in [1.29, 1.82) is 0 Å². The largest absolute Gasteiger partial charge is 0.497 e. The second kappa shape index (κ2) is 13.7. The van der Waals surface area contributed by atoms with Gasteiger partial charge in [0.25, 0.3) is 5.56 Å². The van der Waals surface area contributed by atoms with E-state index in [0.29, 0.717) is 18.6 Å². The first-order valence-electron chi connectivity index (χ1n) is 13.3. The predicted molar refractivity (Wildman–Crippen MR) is 165 cm³/mol. The number of methoxy groups -OCH3 is 2. The number of benzene rings is 4. The van der Waals surface area contributed by atoms with Gasteiger partial charge in [0.15, 0.2) is 0 Å². The molecule has 0 spiro atoms. The molecule has 1 aliphatic rings. The summed E-state index contributed by atoms with van der Waals surface area (Å²) in [6.45, 7) is 7.08. The second-order valence-corrected chi connectivity index (χ2v) is 9.52. The van der Waals surface area contributed by atoms with Crippen molar-refractivity contribution in [3.8, 4) is 22.7 Å². The van der Waals surface area contributed by atoms with Crippen LogP contribution in [0, 0.1) is 6.92 Å². The van der Waals surface area contributed by atoms with Gasteiger partial charge < -0.3 is 23.9 Å². The number of anilines is 1. The van der Waals surface area contributed by atoms with E-state index in [1.165, 1.54) is 0 Å². The van der Waals surface area contributed by atoms with Gasteiger partial charge in [-0.15, -0.1) is 0 Å². The molecule has 1 saturated heterocycles. The average Bonchev–Trinajstić information content (AvgIpc) is 3.03. The third-order valence-corrected chi connectivity index (χ3v) is 6.92. The predicted octanol–water partition coefficient (Wildman–Crippen LogP) is 5.44. The van der Waals surface area contributed by atoms with Crippen LogP contribution in [0.4, 0.5) is 5.69 Å². The Morgan fingerprint density at radius 1 is 0.829 bits per heavy atom. The van der Waals surface area contributed by atoms with Gasteiger partial charge in [-0.3, -0.25) is 4.79 Å². The molecule has 41 heavy (non-hydrogen) atoms. The SMILES string of the molecule is C=O.COC.COc1ccc2ccc(-c3nn(-c4cc(N5CCOCC5)ccc4C)c(=O)c4ccccc34)cc2c1. The summed E-state index contributed by atoms with van der Waals surface area (Å²) in [6, 6.07) is 26.2. The number of morpholine rings is 1. The highest BCUT2D eigenvalue weighted by Crippen LogP contribution is 2.31. The molecule has 0 radical (unpaired) electrons. The van der Waals surface area contributed by atoms with E-state index in [4.69, 9.17) is 19.4 Å². The Kier molecular flexibility index (Phi) is 9.84. The Morgan fingerprint density at radius 3 is 2.22 bits per heavy atom. The van der Waals surface area contributed by atoms with E-state index in [-0.39, 0.29) is 5.56 Å². The number of hydrogen-bond acceptors (Lipinski definition) is 7. The van der Waals surface area contributed by atoms with Crippen LogP contribution in [0.15, 0.2) is 83.7 Å². The van der Waals surface area contributed by atoms with Crippen LogP contribution < -0.4 is 15.2 Å². The van der Waals surface area contributed by atoms with Crippen molar-refractivity contribution in [1.82, 2.24) is 9.78 Å². The van der Waals surface area contributed by atoms with Gasteiger partial charge in [-0.2, -0.15) is 9.78 Å². The minimum absolute atomic E-state index is 0.126. The number of fused-ring (bicyclic) bond motifs is 2. The zero-order chi connectivity index (χ0) is 29.4.